The quantitative estimate of drug-likeness (QED) is 0.128. The van der Waals surface area contributed by atoms with E-state index in [1.807, 2.05) is 32.0 Å². The van der Waals surface area contributed by atoms with Gasteiger partial charge in [0.05, 0.1) is 49.2 Å². The lowest BCUT2D eigenvalue weighted by atomic mass is 10.0. The maximum atomic E-state index is 15.5. The van der Waals surface area contributed by atoms with E-state index < -0.39 is 30.1 Å². The average molecular weight is 753 g/mol. The highest BCUT2D eigenvalue weighted by Gasteiger charge is 2.38. The van der Waals surface area contributed by atoms with Gasteiger partial charge in [-0.15, -0.1) is 0 Å². The zero-order chi connectivity index (χ0) is 39.4. The molecular formula is C40H45FN8O6. The number of aromatic amines is 2. The van der Waals surface area contributed by atoms with Gasteiger partial charge in [0, 0.05) is 29.8 Å². The van der Waals surface area contributed by atoms with Crippen LogP contribution in [-0.2, 0) is 19.1 Å². The Kier molecular flexibility index (Phi) is 11.5. The summed E-state index contributed by atoms with van der Waals surface area (Å²) in [5.74, 6) is 6.19. The second-order valence-corrected chi connectivity index (χ2v) is 14.1. The standard InChI is InChI=1S/C40H45FN8O6/c1-22(2)33(46-39(52)54-5)37(50)48-17-7-9-31(48)35-42-21-30(45-35)26-15-13-24(19-27(26)41)11-12-25-14-16-28-29(20-25)44-36(43-28)32-10-8-18-49(32)38(51)34(23(3)4)47-40(53)55-6/h13-16,19-21,23,31-34H,1,7-10,17-18H2,2-6H3,(H,42,45)(H,43,44)(H,46,52)(H,47,53)/t31-,32-,33-,34-/m0/s1. The molecule has 0 saturated carbocycles. The molecule has 0 bridgehead atoms. The SMILES string of the molecule is C=C(C)[C@H](NC(=O)OC)C(=O)N1CCC[C@H]1c1ncc(-c2ccc(C#Cc3ccc4nc([C@@H]5CCCN5C(=O)[C@@H](NC(=O)OC)C(C)C)[nH]c4c3)cc2F)[nH]1. The number of aromatic nitrogens is 4. The van der Waals surface area contributed by atoms with Crippen LogP contribution in [0.4, 0.5) is 14.0 Å². The summed E-state index contributed by atoms with van der Waals surface area (Å²) in [5.41, 5.74) is 3.87. The number of nitrogens with zero attached hydrogens (tertiary/aromatic N) is 4. The number of methoxy groups -OCH3 is 2. The van der Waals surface area contributed by atoms with Gasteiger partial charge in [-0.3, -0.25) is 9.59 Å². The van der Waals surface area contributed by atoms with E-state index in [4.69, 9.17) is 9.72 Å². The third-order valence-corrected chi connectivity index (χ3v) is 9.99. The van der Waals surface area contributed by atoms with Gasteiger partial charge < -0.3 is 39.9 Å². The van der Waals surface area contributed by atoms with E-state index in [-0.39, 0.29) is 29.8 Å². The van der Waals surface area contributed by atoms with Gasteiger partial charge in [-0.05, 0) is 80.5 Å². The highest BCUT2D eigenvalue weighted by molar-refractivity contribution is 5.89. The molecule has 4 atom stereocenters. The van der Waals surface area contributed by atoms with Crippen molar-refractivity contribution in [3.63, 3.8) is 0 Å². The molecule has 2 aromatic heterocycles. The molecule has 4 amide bonds. The third kappa shape index (κ3) is 8.33. The number of fused-ring (bicyclic) bond motifs is 1. The second kappa shape index (κ2) is 16.5. The molecule has 0 aliphatic carbocycles. The summed E-state index contributed by atoms with van der Waals surface area (Å²) in [6.45, 7) is 10.3. The first-order valence-corrected chi connectivity index (χ1v) is 18.2. The van der Waals surface area contributed by atoms with Gasteiger partial charge >= 0.3 is 12.2 Å². The number of likely N-dealkylation sites (tertiary alicyclic amines) is 2. The number of amides is 4. The number of carbonyl (C=O) groups is 4. The minimum absolute atomic E-state index is 0.139. The van der Waals surface area contributed by atoms with E-state index in [0.717, 1.165) is 30.3 Å². The van der Waals surface area contributed by atoms with Crippen LogP contribution in [0.3, 0.4) is 0 Å². The van der Waals surface area contributed by atoms with Crippen LogP contribution in [0.2, 0.25) is 0 Å². The maximum Gasteiger partial charge on any atom is 0.407 e. The molecule has 2 fully saturated rings. The van der Waals surface area contributed by atoms with E-state index in [0.29, 0.717) is 59.1 Å². The molecule has 2 aliphatic rings. The van der Waals surface area contributed by atoms with Gasteiger partial charge in [-0.2, -0.15) is 0 Å². The van der Waals surface area contributed by atoms with Crippen LogP contribution < -0.4 is 10.6 Å². The van der Waals surface area contributed by atoms with Crippen LogP contribution in [0.1, 0.15) is 81.3 Å². The minimum Gasteiger partial charge on any atom is -0.453 e. The molecule has 2 aliphatic heterocycles. The number of H-pyrrole nitrogens is 2. The number of nitrogens with one attached hydrogen (secondary N) is 4. The van der Waals surface area contributed by atoms with Crippen molar-refractivity contribution in [2.75, 3.05) is 27.3 Å². The largest absolute Gasteiger partial charge is 0.453 e. The Labute approximate surface area is 318 Å². The number of hydrogen-bond donors (Lipinski definition) is 4. The molecule has 6 rings (SSSR count). The van der Waals surface area contributed by atoms with Crippen molar-refractivity contribution in [1.29, 1.82) is 0 Å². The topological polar surface area (TPSA) is 175 Å². The Bertz CT molecular complexity index is 2180. The van der Waals surface area contributed by atoms with Gasteiger partial charge in [-0.1, -0.05) is 32.3 Å². The molecule has 4 N–H and O–H groups in total. The Morgan fingerprint density at radius 3 is 2.15 bits per heavy atom. The summed E-state index contributed by atoms with van der Waals surface area (Å²) >= 11 is 0. The minimum atomic E-state index is -0.950. The van der Waals surface area contributed by atoms with Crippen molar-refractivity contribution in [1.82, 2.24) is 40.4 Å². The highest BCUT2D eigenvalue weighted by atomic mass is 19.1. The van der Waals surface area contributed by atoms with Gasteiger partial charge in [0.25, 0.3) is 0 Å². The molecule has 2 aromatic carbocycles. The van der Waals surface area contributed by atoms with Crippen LogP contribution in [0, 0.1) is 23.6 Å². The molecule has 55 heavy (non-hydrogen) atoms. The van der Waals surface area contributed by atoms with Gasteiger partial charge in [0.2, 0.25) is 11.8 Å². The van der Waals surface area contributed by atoms with Crippen molar-refractivity contribution < 1.29 is 33.0 Å². The van der Waals surface area contributed by atoms with Gasteiger partial charge in [0.15, 0.2) is 0 Å². The molecule has 4 aromatic rings. The average Bonchev–Trinajstić information content (AvgIpc) is 4.00. The fraction of sp³-hybridized carbons (Fsp3) is 0.400. The molecule has 0 radical (unpaired) electrons. The number of carbonyl (C=O) groups excluding carboxylic acids is 4. The maximum absolute atomic E-state index is 15.5. The lowest BCUT2D eigenvalue weighted by molar-refractivity contribution is -0.135. The van der Waals surface area contributed by atoms with Crippen molar-refractivity contribution in [3.05, 3.63) is 83.3 Å². The summed E-state index contributed by atoms with van der Waals surface area (Å²) in [4.78, 5) is 70.0. The van der Waals surface area contributed by atoms with E-state index in [1.165, 1.54) is 20.3 Å². The molecule has 4 heterocycles. The van der Waals surface area contributed by atoms with Crippen LogP contribution >= 0.6 is 0 Å². The van der Waals surface area contributed by atoms with Gasteiger partial charge in [-0.25, -0.2) is 23.9 Å². The first kappa shape index (κ1) is 38.6. The predicted molar refractivity (Wildman–Crippen MR) is 202 cm³/mol. The molecule has 0 unspecified atom stereocenters. The first-order chi connectivity index (χ1) is 26.4. The fourth-order valence-corrected chi connectivity index (χ4v) is 7.11. The van der Waals surface area contributed by atoms with Crippen molar-refractivity contribution >= 4 is 35.0 Å². The zero-order valence-corrected chi connectivity index (χ0v) is 31.5. The Hall–Kier alpha value is -6.17. The molecule has 15 heteroatoms. The van der Waals surface area contributed by atoms with Crippen LogP contribution in [-0.4, -0.2) is 93.1 Å². The van der Waals surface area contributed by atoms with Gasteiger partial charge in [0.1, 0.15) is 29.5 Å². The Morgan fingerprint density at radius 2 is 1.51 bits per heavy atom. The second-order valence-electron chi connectivity index (χ2n) is 14.1. The summed E-state index contributed by atoms with van der Waals surface area (Å²) in [6.07, 6.45) is 3.07. The molecule has 0 spiro atoms. The molecule has 288 valence electrons. The molecule has 2 saturated heterocycles. The van der Waals surface area contributed by atoms with Crippen molar-refractivity contribution in [2.24, 2.45) is 5.92 Å². The number of imidazole rings is 2. The number of hydrogen-bond acceptors (Lipinski definition) is 8. The number of halogens is 1. The lowest BCUT2D eigenvalue weighted by Crippen LogP contribution is -2.51. The van der Waals surface area contributed by atoms with Crippen molar-refractivity contribution in [3.8, 4) is 23.1 Å². The summed E-state index contributed by atoms with van der Waals surface area (Å²) < 4.78 is 24.9. The van der Waals surface area contributed by atoms with Crippen molar-refractivity contribution in [2.45, 2.75) is 70.6 Å². The van der Waals surface area contributed by atoms with E-state index in [9.17, 15) is 19.2 Å². The molecular weight excluding hydrogens is 707 g/mol. The fourth-order valence-electron chi connectivity index (χ4n) is 7.11. The number of rotatable bonds is 9. The van der Waals surface area contributed by atoms with Crippen LogP contribution in [0.25, 0.3) is 22.3 Å². The normalized spacial score (nSPS) is 17.7. The predicted octanol–water partition coefficient (Wildman–Crippen LogP) is 5.50. The number of ether oxygens (including phenoxy) is 2. The third-order valence-electron chi connectivity index (χ3n) is 9.99. The summed E-state index contributed by atoms with van der Waals surface area (Å²) in [6, 6.07) is 7.95. The van der Waals surface area contributed by atoms with Crippen LogP contribution in [0.5, 0.6) is 0 Å². The number of benzene rings is 2. The summed E-state index contributed by atoms with van der Waals surface area (Å²) in [7, 11) is 2.49. The van der Waals surface area contributed by atoms with E-state index in [1.54, 1.807) is 35.1 Å². The van der Waals surface area contributed by atoms with E-state index >= 15 is 4.39 Å². The Balaban J connectivity index is 1.15. The number of alkyl carbamates (subject to hydrolysis) is 2. The molecule has 14 nitrogen and oxygen atoms in total. The monoisotopic (exact) mass is 752 g/mol. The van der Waals surface area contributed by atoms with E-state index in [2.05, 4.69) is 48.7 Å². The smallest absolute Gasteiger partial charge is 0.407 e. The first-order valence-electron chi connectivity index (χ1n) is 18.2. The zero-order valence-electron chi connectivity index (χ0n) is 31.5. The summed E-state index contributed by atoms with van der Waals surface area (Å²) in [5, 5.41) is 5.21. The Morgan fingerprint density at radius 1 is 0.891 bits per heavy atom. The lowest BCUT2D eigenvalue weighted by Gasteiger charge is -2.29. The van der Waals surface area contributed by atoms with Crippen LogP contribution in [0.15, 0.2) is 54.7 Å². The highest BCUT2D eigenvalue weighted by Crippen LogP contribution is 2.34.